The molecule has 36 heavy (non-hydrogen) atoms. The van der Waals surface area contributed by atoms with Crippen molar-refractivity contribution in [2.45, 2.75) is 33.6 Å². The smallest absolute Gasteiger partial charge is 0.263 e. The first kappa shape index (κ1) is 25.5. The molecule has 0 radical (unpaired) electrons. The largest absolute Gasteiger partial charge is 0.493 e. The highest BCUT2D eigenvalue weighted by atomic mass is 16.5. The summed E-state index contributed by atoms with van der Waals surface area (Å²) >= 11 is 0. The number of carbonyl (C=O) groups is 3. The molecule has 192 valence electrons. The first-order chi connectivity index (χ1) is 17.1. The average Bonchev–Trinajstić information content (AvgIpc) is 3.11. The monoisotopic (exact) mass is 493 g/mol. The normalized spacial score (nSPS) is 15.9. The van der Waals surface area contributed by atoms with E-state index in [-0.39, 0.29) is 29.7 Å². The number of carbonyl (C=O) groups excluding carboxylic acids is 3. The number of methoxy groups -OCH3 is 2. The lowest BCUT2D eigenvalue weighted by molar-refractivity contribution is -0.133. The minimum Gasteiger partial charge on any atom is -0.493 e. The van der Waals surface area contributed by atoms with Crippen molar-refractivity contribution in [3.05, 3.63) is 53.1 Å². The van der Waals surface area contributed by atoms with Crippen LogP contribution in [0.2, 0.25) is 0 Å². The Balaban J connectivity index is 1.45. The Morgan fingerprint density at radius 1 is 0.917 bits per heavy atom. The molecule has 2 heterocycles. The lowest BCUT2D eigenvalue weighted by Gasteiger charge is -2.37. The van der Waals surface area contributed by atoms with Crippen molar-refractivity contribution in [1.29, 1.82) is 0 Å². The van der Waals surface area contributed by atoms with E-state index in [1.807, 2.05) is 35.2 Å². The average molecular weight is 494 g/mol. The zero-order valence-corrected chi connectivity index (χ0v) is 21.8. The molecule has 1 fully saturated rings. The van der Waals surface area contributed by atoms with Crippen LogP contribution in [0.1, 0.15) is 53.5 Å². The van der Waals surface area contributed by atoms with Gasteiger partial charge in [0, 0.05) is 39.1 Å². The Morgan fingerprint density at radius 2 is 1.61 bits per heavy atom. The molecule has 4 rings (SSSR count). The summed E-state index contributed by atoms with van der Waals surface area (Å²) in [5.74, 6) is 0.869. The fourth-order valence-corrected chi connectivity index (χ4v) is 4.82. The summed E-state index contributed by atoms with van der Waals surface area (Å²) in [6, 6.07) is 11.0. The van der Waals surface area contributed by atoms with Crippen LogP contribution in [0, 0.1) is 5.41 Å². The molecule has 0 N–H and O–H groups in total. The third kappa shape index (κ3) is 5.17. The fraction of sp³-hybridized carbons (Fsp3) is 0.464. The van der Waals surface area contributed by atoms with Crippen LogP contribution in [0.15, 0.2) is 36.4 Å². The molecule has 0 saturated carbocycles. The highest BCUT2D eigenvalue weighted by Gasteiger charge is 2.38. The Morgan fingerprint density at radius 3 is 2.25 bits per heavy atom. The van der Waals surface area contributed by atoms with E-state index in [0.29, 0.717) is 61.6 Å². The van der Waals surface area contributed by atoms with Gasteiger partial charge in [0.2, 0.25) is 5.91 Å². The number of imide groups is 1. The summed E-state index contributed by atoms with van der Waals surface area (Å²) in [7, 11) is 3.16. The van der Waals surface area contributed by atoms with E-state index in [1.54, 1.807) is 20.3 Å². The van der Waals surface area contributed by atoms with E-state index < -0.39 is 0 Å². The van der Waals surface area contributed by atoms with E-state index in [0.717, 1.165) is 11.3 Å². The van der Waals surface area contributed by atoms with E-state index in [2.05, 4.69) is 25.7 Å². The van der Waals surface area contributed by atoms with Gasteiger partial charge in [-0.2, -0.15) is 0 Å². The summed E-state index contributed by atoms with van der Waals surface area (Å²) in [6.07, 6.45) is 1.02. The van der Waals surface area contributed by atoms with Crippen molar-refractivity contribution < 1.29 is 23.9 Å². The number of rotatable bonds is 7. The molecule has 3 amide bonds. The van der Waals surface area contributed by atoms with Crippen molar-refractivity contribution in [2.75, 3.05) is 51.8 Å². The molecule has 8 heteroatoms. The predicted octanol–water partition coefficient (Wildman–Crippen LogP) is 3.63. The molecule has 2 aromatic carbocycles. The van der Waals surface area contributed by atoms with Crippen molar-refractivity contribution in [1.82, 2.24) is 9.80 Å². The number of ether oxygens (including phenoxy) is 2. The van der Waals surface area contributed by atoms with Gasteiger partial charge in [0.05, 0.1) is 31.0 Å². The molecular weight excluding hydrogens is 458 g/mol. The van der Waals surface area contributed by atoms with Crippen molar-refractivity contribution in [2.24, 2.45) is 5.41 Å². The van der Waals surface area contributed by atoms with Crippen molar-refractivity contribution in [3.63, 3.8) is 0 Å². The van der Waals surface area contributed by atoms with E-state index in [1.165, 1.54) is 4.90 Å². The Labute approximate surface area is 212 Å². The lowest BCUT2D eigenvalue weighted by atomic mass is 9.91. The van der Waals surface area contributed by atoms with Crippen LogP contribution in [-0.2, 0) is 11.2 Å². The minimum atomic E-state index is -0.267. The molecule has 0 aromatic heterocycles. The number of anilines is 1. The van der Waals surface area contributed by atoms with Crippen LogP contribution in [-0.4, -0.2) is 74.5 Å². The van der Waals surface area contributed by atoms with E-state index >= 15 is 0 Å². The summed E-state index contributed by atoms with van der Waals surface area (Å²) in [5, 5.41) is 0. The molecule has 0 unspecified atom stereocenters. The van der Waals surface area contributed by atoms with Gasteiger partial charge in [-0.3, -0.25) is 19.3 Å². The zero-order chi connectivity index (χ0) is 26.0. The van der Waals surface area contributed by atoms with Gasteiger partial charge in [0.25, 0.3) is 11.8 Å². The maximum Gasteiger partial charge on any atom is 0.263 e. The van der Waals surface area contributed by atoms with Gasteiger partial charge in [-0.05, 0) is 41.7 Å². The number of hydrogen-bond donors (Lipinski definition) is 0. The summed E-state index contributed by atoms with van der Waals surface area (Å²) in [4.78, 5) is 44.5. The van der Waals surface area contributed by atoms with Crippen LogP contribution in [0.4, 0.5) is 5.69 Å². The van der Waals surface area contributed by atoms with Gasteiger partial charge in [-0.1, -0.05) is 32.9 Å². The molecule has 2 aliphatic heterocycles. The Kier molecular flexibility index (Phi) is 7.24. The molecule has 2 aromatic rings. The highest BCUT2D eigenvalue weighted by Crippen LogP contribution is 2.33. The van der Waals surface area contributed by atoms with Gasteiger partial charge in [0.1, 0.15) is 0 Å². The first-order valence-corrected chi connectivity index (χ1v) is 12.4. The topological polar surface area (TPSA) is 79.4 Å². The number of fused-ring (bicyclic) bond motifs is 1. The molecule has 0 spiro atoms. The van der Waals surface area contributed by atoms with Crippen LogP contribution >= 0.6 is 0 Å². The van der Waals surface area contributed by atoms with Crippen LogP contribution < -0.4 is 14.4 Å². The van der Waals surface area contributed by atoms with Crippen LogP contribution in [0.25, 0.3) is 0 Å². The van der Waals surface area contributed by atoms with E-state index in [9.17, 15) is 14.4 Å². The molecule has 0 bridgehead atoms. The number of piperazine rings is 1. The first-order valence-electron chi connectivity index (χ1n) is 12.4. The highest BCUT2D eigenvalue weighted by molar-refractivity contribution is 6.23. The van der Waals surface area contributed by atoms with Crippen LogP contribution in [0.5, 0.6) is 11.5 Å². The standard InChI is InChI=1S/C28H35N3O5/c1-28(2,3)18-24(32)30-15-13-29(14-16-30)21-8-6-7-20-25(21)27(34)31(26(20)33)12-11-19-9-10-22(35-4)23(17-19)36-5/h6-10,17H,11-16,18H2,1-5H3. The summed E-state index contributed by atoms with van der Waals surface area (Å²) in [6.45, 7) is 8.92. The second-order valence-electron chi connectivity index (χ2n) is 10.5. The predicted molar refractivity (Wildman–Crippen MR) is 138 cm³/mol. The zero-order valence-electron chi connectivity index (χ0n) is 21.8. The number of hydrogen-bond acceptors (Lipinski definition) is 6. The number of benzene rings is 2. The lowest BCUT2D eigenvalue weighted by Crippen LogP contribution is -2.49. The van der Waals surface area contributed by atoms with Gasteiger partial charge < -0.3 is 19.3 Å². The van der Waals surface area contributed by atoms with Crippen molar-refractivity contribution >= 4 is 23.4 Å². The molecule has 0 atom stereocenters. The molecule has 2 aliphatic rings. The SMILES string of the molecule is COc1ccc(CCN2C(=O)c3cccc(N4CCN(C(=O)CC(C)(C)C)CC4)c3C2=O)cc1OC. The Bertz CT molecular complexity index is 1160. The van der Waals surface area contributed by atoms with Crippen LogP contribution in [0.3, 0.4) is 0 Å². The number of amides is 3. The maximum absolute atomic E-state index is 13.4. The second-order valence-corrected chi connectivity index (χ2v) is 10.5. The third-order valence-corrected chi connectivity index (χ3v) is 6.70. The Hall–Kier alpha value is -3.55. The molecular formula is C28H35N3O5. The second kappa shape index (κ2) is 10.2. The quantitative estimate of drug-likeness (QED) is 0.548. The summed E-state index contributed by atoms with van der Waals surface area (Å²) in [5.41, 5.74) is 2.56. The van der Waals surface area contributed by atoms with Gasteiger partial charge in [0.15, 0.2) is 11.5 Å². The third-order valence-electron chi connectivity index (χ3n) is 6.70. The molecule has 8 nitrogen and oxygen atoms in total. The van der Waals surface area contributed by atoms with Gasteiger partial charge in [-0.25, -0.2) is 0 Å². The molecule has 1 saturated heterocycles. The van der Waals surface area contributed by atoms with Crippen molar-refractivity contribution in [3.8, 4) is 11.5 Å². The minimum absolute atomic E-state index is 0.0539. The fourth-order valence-electron chi connectivity index (χ4n) is 4.82. The maximum atomic E-state index is 13.4. The van der Waals surface area contributed by atoms with E-state index in [4.69, 9.17) is 9.47 Å². The summed E-state index contributed by atoms with van der Waals surface area (Å²) < 4.78 is 10.7. The molecule has 0 aliphatic carbocycles. The van der Waals surface area contributed by atoms with Gasteiger partial charge in [-0.15, -0.1) is 0 Å². The van der Waals surface area contributed by atoms with Gasteiger partial charge >= 0.3 is 0 Å². The number of nitrogens with zero attached hydrogens (tertiary/aromatic N) is 3.